The van der Waals surface area contributed by atoms with Crippen molar-refractivity contribution in [2.24, 2.45) is 5.10 Å². The highest BCUT2D eigenvalue weighted by molar-refractivity contribution is 7.13. The van der Waals surface area contributed by atoms with E-state index in [9.17, 15) is 9.59 Å². The Kier molecular flexibility index (Phi) is 6.22. The number of anilines is 1. The second kappa shape index (κ2) is 10.3. The van der Waals surface area contributed by atoms with Crippen LogP contribution in [0.2, 0.25) is 0 Å². The third-order valence-electron chi connectivity index (χ3n) is 7.09. The predicted octanol–water partition coefficient (Wildman–Crippen LogP) is 6.68. The van der Waals surface area contributed by atoms with E-state index < -0.39 is 0 Å². The predicted molar refractivity (Wildman–Crippen MR) is 163 cm³/mol. The Morgan fingerprint density at radius 3 is 2.49 bits per heavy atom. The lowest BCUT2D eigenvalue weighted by molar-refractivity contribution is 0.0953. The number of nitrogens with one attached hydrogen (secondary N) is 1. The summed E-state index contributed by atoms with van der Waals surface area (Å²) in [6.45, 7) is 0.420. The number of nitrogens with zero attached hydrogens (tertiary/aromatic N) is 4. The quantitative estimate of drug-likeness (QED) is 0.177. The van der Waals surface area contributed by atoms with Gasteiger partial charge in [-0.1, -0.05) is 60.7 Å². The summed E-state index contributed by atoms with van der Waals surface area (Å²) in [5, 5.41) is 13.0. The molecule has 6 aromatic rings. The van der Waals surface area contributed by atoms with Crippen LogP contribution in [0.5, 0.6) is 0 Å². The van der Waals surface area contributed by atoms with E-state index in [-0.39, 0.29) is 11.8 Å². The molecule has 0 spiro atoms. The summed E-state index contributed by atoms with van der Waals surface area (Å²) in [5.74, 6) is -0.333. The molecule has 0 bridgehead atoms. The topological polar surface area (TPSA) is 79.6 Å². The average Bonchev–Trinajstić information content (AvgIpc) is 3.75. The van der Waals surface area contributed by atoms with Gasteiger partial charge in [-0.3, -0.25) is 9.59 Å². The summed E-state index contributed by atoms with van der Waals surface area (Å²) in [6, 6.07) is 32.8. The first-order valence-corrected chi connectivity index (χ1v) is 14.0. The normalized spacial score (nSPS) is 12.5. The number of carbonyl (C=O) groups excluding carboxylic acids is 2. The molecule has 41 heavy (non-hydrogen) atoms. The molecule has 1 N–H and O–H groups in total. The van der Waals surface area contributed by atoms with Crippen molar-refractivity contribution in [2.75, 3.05) is 4.90 Å². The Labute approximate surface area is 240 Å². The molecule has 4 aromatic carbocycles. The Bertz CT molecular complexity index is 1920. The molecule has 0 saturated heterocycles. The number of hydrogen-bond donors (Lipinski definition) is 1. The maximum absolute atomic E-state index is 13.1. The number of rotatable bonds is 7. The van der Waals surface area contributed by atoms with Crippen LogP contribution >= 0.6 is 11.3 Å². The van der Waals surface area contributed by atoms with E-state index in [1.165, 1.54) is 0 Å². The second-order valence-electron chi connectivity index (χ2n) is 9.66. The van der Waals surface area contributed by atoms with Crippen molar-refractivity contribution in [3.8, 4) is 16.3 Å². The van der Waals surface area contributed by atoms with Crippen LogP contribution in [0.1, 0.15) is 31.8 Å². The minimum absolute atomic E-state index is 0.00883. The van der Waals surface area contributed by atoms with E-state index in [0.717, 1.165) is 49.4 Å². The van der Waals surface area contributed by atoms with Gasteiger partial charge in [0, 0.05) is 28.3 Å². The number of hydrazone groups is 1. The van der Waals surface area contributed by atoms with E-state index in [2.05, 4.69) is 10.5 Å². The standard InChI is InChI=1S/C33H23N5O2S/c39-32(35-34-19-25-21-38(26-9-2-1-3-10-26)36-31(25)29-13-6-18-41-29)24-16-14-22(15-17-24)20-37-28-12-5-8-23-7-4-11-27(30(23)28)33(37)40/h1-19,21H,20H2,(H,35,39). The largest absolute Gasteiger partial charge is 0.303 e. The first-order valence-electron chi connectivity index (χ1n) is 13.1. The summed E-state index contributed by atoms with van der Waals surface area (Å²) in [5.41, 5.74) is 8.19. The summed E-state index contributed by atoms with van der Waals surface area (Å²) >= 11 is 1.59. The molecule has 198 valence electrons. The molecule has 0 saturated carbocycles. The Hall–Kier alpha value is -5.34. The molecule has 1 aliphatic rings. The number of para-hydroxylation sites is 1. The molecule has 0 radical (unpaired) electrons. The highest BCUT2D eigenvalue weighted by atomic mass is 32.1. The van der Waals surface area contributed by atoms with Crippen molar-refractivity contribution in [2.45, 2.75) is 6.54 Å². The zero-order valence-electron chi connectivity index (χ0n) is 21.8. The fourth-order valence-corrected chi connectivity index (χ4v) is 5.84. The van der Waals surface area contributed by atoms with Crippen LogP contribution in [0.15, 0.2) is 120 Å². The number of hydrogen-bond acceptors (Lipinski definition) is 5. The lowest BCUT2D eigenvalue weighted by Gasteiger charge is -2.18. The maximum atomic E-state index is 13.1. The molecule has 0 atom stereocenters. The summed E-state index contributed by atoms with van der Waals surface area (Å²) in [7, 11) is 0. The van der Waals surface area contributed by atoms with E-state index in [0.29, 0.717) is 12.1 Å². The summed E-state index contributed by atoms with van der Waals surface area (Å²) < 4.78 is 1.81. The fraction of sp³-hybridized carbons (Fsp3) is 0.0303. The van der Waals surface area contributed by atoms with Crippen molar-refractivity contribution < 1.29 is 9.59 Å². The molecule has 2 aromatic heterocycles. The van der Waals surface area contributed by atoms with E-state index in [4.69, 9.17) is 5.10 Å². The van der Waals surface area contributed by atoms with Gasteiger partial charge in [-0.2, -0.15) is 10.2 Å². The van der Waals surface area contributed by atoms with Crippen LogP contribution in [0, 0.1) is 0 Å². The molecule has 3 heterocycles. The lowest BCUT2D eigenvalue weighted by atomic mass is 10.1. The molecule has 7 nitrogen and oxygen atoms in total. The molecule has 1 aliphatic heterocycles. The van der Waals surface area contributed by atoms with Gasteiger partial charge in [0.1, 0.15) is 5.69 Å². The summed E-state index contributed by atoms with van der Waals surface area (Å²) in [6.07, 6.45) is 3.51. The third kappa shape index (κ3) is 4.60. The molecule has 8 heteroatoms. The van der Waals surface area contributed by atoms with Crippen LogP contribution in [0.25, 0.3) is 27.0 Å². The molecule has 7 rings (SSSR count). The Morgan fingerprint density at radius 2 is 1.71 bits per heavy atom. The van der Waals surface area contributed by atoms with Gasteiger partial charge in [0.25, 0.3) is 11.8 Å². The number of benzene rings is 4. The van der Waals surface area contributed by atoms with Crippen LogP contribution < -0.4 is 10.3 Å². The van der Waals surface area contributed by atoms with Crippen LogP contribution in [-0.2, 0) is 6.54 Å². The fourth-order valence-electron chi connectivity index (χ4n) is 5.10. The van der Waals surface area contributed by atoms with Crippen molar-refractivity contribution in [3.05, 3.63) is 137 Å². The number of carbonyl (C=O) groups is 2. The number of amides is 2. The zero-order valence-corrected chi connectivity index (χ0v) is 22.6. The SMILES string of the molecule is O=C(NN=Cc1cn(-c2ccccc2)nc1-c1cccs1)c1ccc(CN2C(=O)c3cccc4cccc2c34)cc1. The van der Waals surface area contributed by atoms with Gasteiger partial charge in [-0.25, -0.2) is 10.1 Å². The number of thiophene rings is 1. The average molecular weight is 554 g/mol. The third-order valence-corrected chi connectivity index (χ3v) is 7.97. The van der Waals surface area contributed by atoms with E-state index in [1.807, 2.05) is 103 Å². The second-order valence-corrected chi connectivity index (χ2v) is 10.6. The molecule has 0 fully saturated rings. The molecular formula is C33H23N5O2S. The first-order chi connectivity index (χ1) is 20.2. The maximum Gasteiger partial charge on any atom is 0.271 e. The van der Waals surface area contributed by atoms with Crippen LogP contribution in [-0.4, -0.2) is 27.8 Å². The van der Waals surface area contributed by atoms with Gasteiger partial charge in [-0.05, 0) is 58.8 Å². The Balaban J connectivity index is 1.06. The van der Waals surface area contributed by atoms with Crippen LogP contribution in [0.3, 0.4) is 0 Å². The van der Waals surface area contributed by atoms with Gasteiger partial charge >= 0.3 is 0 Å². The van der Waals surface area contributed by atoms with Crippen molar-refractivity contribution in [1.29, 1.82) is 0 Å². The van der Waals surface area contributed by atoms with Gasteiger partial charge in [0.2, 0.25) is 0 Å². The lowest BCUT2D eigenvalue weighted by Crippen LogP contribution is -2.26. The van der Waals surface area contributed by atoms with Crippen molar-refractivity contribution in [3.63, 3.8) is 0 Å². The highest BCUT2D eigenvalue weighted by Gasteiger charge is 2.29. The van der Waals surface area contributed by atoms with Gasteiger partial charge in [0.05, 0.1) is 29.0 Å². The van der Waals surface area contributed by atoms with Gasteiger partial charge in [0.15, 0.2) is 0 Å². The molecule has 0 unspecified atom stereocenters. The smallest absolute Gasteiger partial charge is 0.271 e. The molecule has 2 amide bonds. The summed E-state index contributed by atoms with van der Waals surface area (Å²) in [4.78, 5) is 28.8. The van der Waals surface area contributed by atoms with Crippen molar-refractivity contribution >= 4 is 45.8 Å². The highest BCUT2D eigenvalue weighted by Crippen LogP contribution is 2.38. The van der Waals surface area contributed by atoms with Gasteiger partial charge in [-0.15, -0.1) is 11.3 Å². The van der Waals surface area contributed by atoms with Crippen LogP contribution in [0.4, 0.5) is 5.69 Å². The molecule has 0 aliphatic carbocycles. The van der Waals surface area contributed by atoms with Crippen molar-refractivity contribution in [1.82, 2.24) is 15.2 Å². The zero-order chi connectivity index (χ0) is 27.8. The van der Waals surface area contributed by atoms with Gasteiger partial charge < -0.3 is 4.90 Å². The monoisotopic (exact) mass is 553 g/mol. The molecular weight excluding hydrogens is 530 g/mol. The minimum Gasteiger partial charge on any atom is -0.303 e. The minimum atomic E-state index is -0.324. The Morgan fingerprint density at radius 1 is 0.902 bits per heavy atom. The first kappa shape index (κ1) is 24.7. The van der Waals surface area contributed by atoms with E-state index in [1.54, 1.807) is 39.3 Å². The van der Waals surface area contributed by atoms with E-state index >= 15 is 0 Å². The number of aromatic nitrogens is 2.